The van der Waals surface area contributed by atoms with Gasteiger partial charge in [0, 0.05) is 10.6 Å². The minimum absolute atomic E-state index is 0.186. The molecular formula is C23H18ClN3O4. The molecule has 31 heavy (non-hydrogen) atoms. The van der Waals surface area contributed by atoms with Gasteiger partial charge in [-0.05, 0) is 48.5 Å². The number of carbonyl (C=O) groups excluding carboxylic acids is 1. The van der Waals surface area contributed by atoms with Crippen LogP contribution in [0.5, 0.6) is 11.5 Å². The van der Waals surface area contributed by atoms with Gasteiger partial charge in [-0.2, -0.15) is 4.98 Å². The van der Waals surface area contributed by atoms with Crippen molar-refractivity contribution in [2.45, 2.75) is 0 Å². The third-order valence-electron chi connectivity index (χ3n) is 4.39. The van der Waals surface area contributed by atoms with Crippen molar-refractivity contribution < 1.29 is 18.8 Å². The van der Waals surface area contributed by atoms with Gasteiger partial charge in [-0.15, -0.1) is 0 Å². The van der Waals surface area contributed by atoms with Crippen molar-refractivity contribution in [3.8, 4) is 34.3 Å². The molecule has 8 heteroatoms. The predicted octanol–water partition coefficient (Wildman–Crippen LogP) is 5.08. The second kappa shape index (κ2) is 9.32. The number of hydrogen-bond donors (Lipinski definition) is 1. The number of nitrogens with one attached hydrogen (secondary N) is 1. The van der Waals surface area contributed by atoms with E-state index in [-0.39, 0.29) is 18.4 Å². The van der Waals surface area contributed by atoms with E-state index in [1.54, 1.807) is 67.8 Å². The Morgan fingerprint density at radius 2 is 1.71 bits per heavy atom. The number of amides is 1. The van der Waals surface area contributed by atoms with Crippen molar-refractivity contribution in [3.63, 3.8) is 0 Å². The Kier molecular flexibility index (Phi) is 6.14. The molecule has 1 N–H and O–H groups in total. The Labute approximate surface area is 183 Å². The number of para-hydroxylation sites is 3. The molecule has 0 aliphatic rings. The number of methoxy groups -OCH3 is 1. The van der Waals surface area contributed by atoms with E-state index < -0.39 is 0 Å². The van der Waals surface area contributed by atoms with E-state index in [1.165, 1.54) is 0 Å². The van der Waals surface area contributed by atoms with E-state index in [0.29, 0.717) is 33.6 Å². The molecule has 0 unspecified atom stereocenters. The number of benzene rings is 3. The van der Waals surface area contributed by atoms with Crippen molar-refractivity contribution >= 4 is 23.2 Å². The summed E-state index contributed by atoms with van der Waals surface area (Å²) in [5, 5.41) is 7.47. The standard InChI is InChI=1S/C23H18ClN3O4/c1-29-19-8-4-5-9-20(19)30-14-21(28)25-18-7-3-2-6-17(18)23-26-22(27-31-23)15-10-12-16(24)13-11-15/h2-13H,14H2,1H3,(H,25,28). The summed E-state index contributed by atoms with van der Waals surface area (Å²) in [6.07, 6.45) is 0. The smallest absolute Gasteiger partial charge is 0.262 e. The van der Waals surface area contributed by atoms with Crippen LogP contribution in [0.15, 0.2) is 77.3 Å². The van der Waals surface area contributed by atoms with Gasteiger partial charge in [0.2, 0.25) is 5.82 Å². The number of aromatic nitrogens is 2. The molecule has 1 aromatic heterocycles. The summed E-state index contributed by atoms with van der Waals surface area (Å²) in [5.41, 5.74) is 1.90. The number of anilines is 1. The number of halogens is 1. The van der Waals surface area contributed by atoms with Crippen LogP contribution in [0.25, 0.3) is 22.8 Å². The van der Waals surface area contributed by atoms with Gasteiger partial charge in [0.05, 0.1) is 18.4 Å². The van der Waals surface area contributed by atoms with Crippen molar-refractivity contribution in [2.24, 2.45) is 0 Å². The average Bonchev–Trinajstić information content (AvgIpc) is 3.29. The lowest BCUT2D eigenvalue weighted by Gasteiger charge is -2.11. The van der Waals surface area contributed by atoms with E-state index >= 15 is 0 Å². The maximum absolute atomic E-state index is 12.5. The van der Waals surface area contributed by atoms with Crippen LogP contribution in [-0.2, 0) is 4.79 Å². The zero-order valence-electron chi connectivity index (χ0n) is 16.5. The van der Waals surface area contributed by atoms with E-state index in [9.17, 15) is 4.79 Å². The van der Waals surface area contributed by atoms with Crippen LogP contribution in [0.2, 0.25) is 5.02 Å². The van der Waals surface area contributed by atoms with E-state index in [1.807, 2.05) is 12.1 Å². The quantitative estimate of drug-likeness (QED) is 0.435. The molecule has 1 amide bonds. The Balaban J connectivity index is 1.49. The Bertz CT molecular complexity index is 1190. The van der Waals surface area contributed by atoms with Gasteiger partial charge >= 0.3 is 0 Å². The summed E-state index contributed by atoms with van der Waals surface area (Å²) in [5.74, 6) is 1.41. The molecule has 3 aromatic carbocycles. The molecule has 156 valence electrons. The molecule has 1 heterocycles. The molecule has 0 atom stereocenters. The van der Waals surface area contributed by atoms with E-state index in [2.05, 4.69) is 15.5 Å². The van der Waals surface area contributed by atoms with Gasteiger partial charge in [-0.25, -0.2) is 0 Å². The van der Waals surface area contributed by atoms with Crippen LogP contribution in [0, 0.1) is 0 Å². The van der Waals surface area contributed by atoms with Crippen LogP contribution in [0.4, 0.5) is 5.69 Å². The van der Waals surface area contributed by atoms with E-state index in [4.69, 9.17) is 25.6 Å². The first kappa shape index (κ1) is 20.4. The zero-order chi connectivity index (χ0) is 21.6. The number of nitrogens with zero attached hydrogens (tertiary/aromatic N) is 2. The first-order chi connectivity index (χ1) is 15.1. The summed E-state index contributed by atoms with van der Waals surface area (Å²) in [6.45, 7) is -0.186. The lowest BCUT2D eigenvalue weighted by atomic mass is 10.1. The highest BCUT2D eigenvalue weighted by molar-refractivity contribution is 6.30. The highest BCUT2D eigenvalue weighted by Gasteiger charge is 2.16. The summed E-state index contributed by atoms with van der Waals surface area (Å²) in [4.78, 5) is 16.9. The summed E-state index contributed by atoms with van der Waals surface area (Å²) in [6, 6.07) is 21.4. The van der Waals surface area contributed by atoms with Gasteiger partial charge in [-0.3, -0.25) is 4.79 Å². The van der Waals surface area contributed by atoms with E-state index in [0.717, 1.165) is 5.56 Å². The van der Waals surface area contributed by atoms with Crippen LogP contribution < -0.4 is 14.8 Å². The number of ether oxygens (including phenoxy) is 2. The highest BCUT2D eigenvalue weighted by Crippen LogP contribution is 2.29. The lowest BCUT2D eigenvalue weighted by Crippen LogP contribution is -2.20. The molecule has 0 aliphatic carbocycles. The highest BCUT2D eigenvalue weighted by atomic mass is 35.5. The molecule has 0 aliphatic heterocycles. The Hall–Kier alpha value is -3.84. The van der Waals surface area contributed by atoms with Crippen LogP contribution in [0.3, 0.4) is 0 Å². The summed E-state index contributed by atoms with van der Waals surface area (Å²) < 4.78 is 16.2. The maximum atomic E-state index is 12.5. The van der Waals surface area contributed by atoms with Crippen molar-refractivity contribution in [2.75, 3.05) is 19.0 Å². The third kappa shape index (κ3) is 4.84. The van der Waals surface area contributed by atoms with Crippen molar-refractivity contribution in [1.29, 1.82) is 0 Å². The largest absolute Gasteiger partial charge is 0.493 e. The molecule has 0 radical (unpaired) electrons. The maximum Gasteiger partial charge on any atom is 0.262 e. The first-order valence-electron chi connectivity index (χ1n) is 9.39. The minimum atomic E-state index is -0.337. The van der Waals surface area contributed by atoms with Gasteiger partial charge in [0.25, 0.3) is 11.8 Å². The molecule has 0 saturated heterocycles. The van der Waals surface area contributed by atoms with Gasteiger partial charge < -0.3 is 19.3 Å². The van der Waals surface area contributed by atoms with Gasteiger partial charge in [0.15, 0.2) is 18.1 Å². The minimum Gasteiger partial charge on any atom is -0.493 e. The van der Waals surface area contributed by atoms with Crippen LogP contribution in [0.1, 0.15) is 0 Å². The number of hydrogen-bond acceptors (Lipinski definition) is 6. The van der Waals surface area contributed by atoms with Crippen LogP contribution in [-0.4, -0.2) is 29.8 Å². The first-order valence-corrected chi connectivity index (χ1v) is 9.76. The van der Waals surface area contributed by atoms with Gasteiger partial charge in [-0.1, -0.05) is 41.0 Å². The fourth-order valence-corrected chi connectivity index (χ4v) is 3.02. The molecular weight excluding hydrogens is 418 g/mol. The lowest BCUT2D eigenvalue weighted by molar-refractivity contribution is -0.118. The number of carbonyl (C=O) groups is 1. The fourth-order valence-electron chi connectivity index (χ4n) is 2.90. The van der Waals surface area contributed by atoms with Crippen molar-refractivity contribution in [1.82, 2.24) is 10.1 Å². The Morgan fingerprint density at radius 3 is 2.48 bits per heavy atom. The van der Waals surface area contributed by atoms with Gasteiger partial charge in [0.1, 0.15) is 0 Å². The average molecular weight is 436 g/mol. The third-order valence-corrected chi connectivity index (χ3v) is 4.64. The molecule has 4 rings (SSSR count). The second-order valence-electron chi connectivity index (χ2n) is 6.46. The second-order valence-corrected chi connectivity index (χ2v) is 6.90. The summed E-state index contributed by atoms with van der Waals surface area (Å²) >= 11 is 5.93. The zero-order valence-corrected chi connectivity index (χ0v) is 17.3. The molecule has 7 nitrogen and oxygen atoms in total. The summed E-state index contributed by atoms with van der Waals surface area (Å²) in [7, 11) is 1.54. The fraction of sp³-hybridized carbons (Fsp3) is 0.0870. The molecule has 0 spiro atoms. The number of rotatable bonds is 7. The molecule has 0 saturated carbocycles. The topological polar surface area (TPSA) is 86.5 Å². The molecule has 4 aromatic rings. The Morgan fingerprint density at radius 1 is 1.00 bits per heavy atom. The monoisotopic (exact) mass is 435 g/mol. The predicted molar refractivity (Wildman–Crippen MR) is 117 cm³/mol. The SMILES string of the molecule is COc1ccccc1OCC(=O)Nc1ccccc1-c1nc(-c2ccc(Cl)cc2)no1. The van der Waals surface area contributed by atoms with Crippen LogP contribution >= 0.6 is 11.6 Å². The molecule has 0 bridgehead atoms. The van der Waals surface area contributed by atoms with Crippen molar-refractivity contribution in [3.05, 3.63) is 77.8 Å². The molecule has 0 fully saturated rings. The normalized spacial score (nSPS) is 10.5.